The molecule has 0 amide bonds. The van der Waals surface area contributed by atoms with Gasteiger partial charge in [-0.25, -0.2) is 4.98 Å². The molecule has 144 valence electrons. The number of ketones is 1. The lowest BCUT2D eigenvalue weighted by Crippen LogP contribution is -2.03. The van der Waals surface area contributed by atoms with Crippen molar-refractivity contribution in [2.45, 2.75) is 13.8 Å². The zero-order chi connectivity index (χ0) is 19.9. The first-order chi connectivity index (χ1) is 13.6. The second-order valence-electron chi connectivity index (χ2n) is 6.38. The number of methoxy groups -OCH3 is 1. The molecule has 6 nitrogen and oxygen atoms in total. The number of hydrogen-bond acceptors (Lipinski definition) is 7. The zero-order valence-electron chi connectivity index (χ0n) is 16.0. The molecule has 0 fully saturated rings. The summed E-state index contributed by atoms with van der Waals surface area (Å²) in [5, 5.41) is 8.04. The van der Waals surface area contributed by atoms with Gasteiger partial charge in [0.05, 0.1) is 7.11 Å². The molecule has 2 aromatic carbocycles. The molecule has 3 aromatic rings. The van der Waals surface area contributed by atoms with Crippen molar-refractivity contribution in [3.63, 3.8) is 0 Å². The van der Waals surface area contributed by atoms with Crippen molar-refractivity contribution in [2.24, 2.45) is 11.0 Å². The summed E-state index contributed by atoms with van der Waals surface area (Å²) in [7, 11) is 1.59. The molecule has 3 rings (SSSR count). The molecule has 2 N–H and O–H groups in total. The Morgan fingerprint density at radius 1 is 1.14 bits per heavy atom. The van der Waals surface area contributed by atoms with Crippen molar-refractivity contribution in [3.8, 4) is 5.75 Å². The lowest BCUT2D eigenvalue weighted by Gasteiger charge is -2.03. The lowest BCUT2D eigenvalue weighted by atomic mass is 10.1. The highest BCUT2D eigenvalue weighted by Gasteiger charge is 2.20. The summed E-state index contributed by atoms with van der Waals surface area (Å²) in [6.45, 7) is 4.05. The van der Waals surface area contributed by atoms with Gasteiger partial charge in [0.1, 0.15) is 10.6 Å². The Balaban J connectivity index is 1.90. The van der Waals surface area contributed by atoms with E-state index in [9.17, 15) is 4.79 Å². The smallest absolute Gasteiger partial charge is 0.206 e. The first-order valence-corrected chi connectivity index (χ1v) is 9.69. The molecule has 1 aromatic heterocycles. The molecule has 0 saturated carbocycles. The van der Waals surface area contributed by atoms with E-state index in [0.717, 1.165) is 5.69 Å². The fourth-order valence-electron chi connectivity index (χ4n) is 2.37. The second-order valence-corrected chi connectivity index (χ2v) is 7.38. The third kappa shape index (κ3) is 4.95. The van der Waals surface area contributed by atoms with Crippen LogP contribution in [-0.2, 0) is 0 Å². The van der Waals surface area contributed by atoms with E-state index in [2.05, 4.69) is 20.8 Å². The molecule has 28 heavy (non-hydrogen) atoms. The highest BCUT2D eigenvalue weighted by Crippen LogP contribution is 2.31. The zero-order valence-corrected chi connectivity index (χ0v) is 16.8. The van der Waals surface area contributed by atoms with Gasteiger partial charge >= 0.3 is 0 Å². The second kappa shape index (κ2) is 9.14. The lowest BCUT2D eigenvalue weighted by molar-refractivity contribution is 0.104. The maximum Gasteiger partial charge on any atom is 0.206 e. The maximum atomic E-state index is 13.0. The monoisotopic (exact) mass is 394 g/mol. The topological polar surface area (TPSA) is 75.6 Å². The number of hydrogen-bond donors (Lipinski definition) is 2. The standard InChI is InChI=1S/C21H22N4O2S/c1-14(2)13-22-25-20-19(18(26)15-9-11-17(27-3)12-10-15)28-21(24-20)23-16-7-5-4-6-8-16/h4-14,25H,1-3H3,(H,23,24)/b22-13-. The predicted octanol–water partition coefficient (Wildman–Crippen LogP) is 5.18. The molecule has 0 spiro atoms. The summed E-state index contributed by atoms with van der Waals surface area (Å²) in [6.07, 6.45) is 1.77. The number of carbonyl (C=O) groups is 1. The Morgan fingerprint density at radius 2 is 1.86 bits per heavy atom. The molecule has 0 atom stereocenters. The van der Waals surface area contributed by atoms with Crippen molar-refractivity contribution in [3.05, 3.63) is 65.0 Å². The van der Waals surface area contributed by atoms with Crippen molar-refractivity contribution in [1.82, 2.24) is 4.98 Å². The summed E-state index contributed by atoms with van der Waals surface area (Å²) in [5.41, 5.74) is 4.37. The molecule has 7 heteroatoms. The average Bonchev–Trinajstić information content (AvgIpc) is 3.10. The number of aromatic nitrogens is 1. The van der Waals surface area contributed by atoms with Gasteiger partial charge in [0.2, 0.25) is 5.78 Å². The number of nitrogens with one attached hydrogen (secondary N) is 2. The van der Waals surface area contributed by atoms with Crippen LogP contribution in [0.5, 0.6) is 5.75 Å². The van der Waals surface area contributed by atoms with Crippen LogP contribution in [0.2, 0.25) is 0 Å². The molecular weight excluding hydrogens is 372 g/mol. The summed E-state index contributed by atoms with van der Waals surface area (Å²) < 4.78 is 5.16. The van der Waals surface area contributed by atoms with Crippen LogP contribution in [0.15, 0.2) is 59.7 Å². The van der Waals surface area contributed by atoms with Crippen molar-refractivity contribution < 1.29 is 9.53 Å². The van der Waals surface area contributed by atoms with Crippen molar-refractivity contribution in [2.75, 3.05) is 17.9 Å². The molecule has 0 aliphatic carbocycles. The van der Waals surface area contributed by atoms with Crippen LogP contribution in [0.25, 0.3) is 0 Å². The first kappa shape index (κ1) is 19.6. The summed E-state index contributed by atoms with van der Waals surface area (Å²) in [4.78, 5) is 18.0. The molecule has 0 saturated heterocycles. The minimum Gasteiger partial charge on any atom is -0.497 e. The highest BCUT2D eigenvalue weighted by atomic mass is 32.1. The van der Waals surface area contributed by atoms with E-state index in [1.54, 1.807) is 37.6 Å². The van der Waals surface area contributed by atoms with E-state index in [1.807, 2.05) is 44.2 Å². The third-order valence-corrected chi connectivity index (χ3v) is 4.72. The average molecular weight is 395 g/mol. The SMILES string of the molecule is COc1ccc(C(=O)c2sc(Nc3ccccc3)nc2N/N=C\C(C)C)cc1. The quantitative estimate of drug-likeness (QED) is 0.313. The van der Waals surface area contributed by atoms with E-state index in [4.69, 9.17) is 4.74 Å². The van der Waals surface area contributed by atoms with Crippen molar-refractivity contribution >= 4 is 40.0 Å². The fraction of sp³-hybridized carbons (Fsp3) is 0.190. The number of rotatable bonds is 8. The van der Waals surface area contributed by atoms with Gasteiger partial charge in [0.15, 0.2) is 10.9 Å². The van der Waals surface area contributed by atoms with E-state index < -0.39 is 0 Å². The molecule has 0 aliphatic heterocycles. The summed E-state index contributed by atoms with van der Waals surface area (Å²) in [6, 6.07) is 16.7. The molecule has 0 unspecified atom stereocenters. The number of ether oxygens (including phenoxy) is 1. The summed E-state index contributed by atoms with van der Waals surface area (Å²) >= 11 is 1.29. The van der Waals surface area contributed by atoms with Crippen LogP contribution >= 0.6 is 11.3 Å². The number of anilines is 3. The minimum atomic E-state index is -0.122. The number of hydrazone groups is 1. The van der Waals surface area contributed by atoms with Gasteiger partial charge in [-0.3, -0.25) is 10.2 Å². The van der Waals surface area contributed by atoms with Crippen molar-refractivity contribution in [1.29, 1.82) is 0 Å². The van der Waals surface area contributed by atoms with Gasteiger partial charge in [-0.05, 0) is 42.3 Å². The number of thiazole rings is 1. The minimum absolute atomic E-state index is 0.122. The Hall–Kier alpha value is -3.19. The van der Waals surface area contributed by atoms with Gasteiger partial charge < -0.3 is 10.1 Å². The van der Waals surface area contributed by atoms with E-state index in [0.29, 0.717) is 27.1 Å². The van der Waals surface area contributed by atoms with E-state index in [1.165, 1.54) is 11.3 Å². The van der Waals surface area contributed by atoms with Gasteiger partial charge in [0, 0.05) is 17.5 Å². The van der Waals surface area contributed by atoms with Crippen LogP contribution in [0.4, 0.5) is 16.6 Å². The Bertz CT molecular complexity index is 950. The van der Waals surface area contributed by atoms with E-state index >= 15 is 0 Å². The highest BCUT2D eigenvalue weighted by molar-refractivity contribution is 7.18. The fourth-order valence-corrected chi connectivity index (χ4v) is 3.27. The first-order valence-electron chi connectivity index (χ1n) is 8.87. The van der Waals surface area contributed by atoms with Gasteiger partial charge in [-0.15, -0.1) is 0 Å². The number of carbonyl (C=O) groups excluding carboxylic acids is 1. The number of benzene rings is 2. The van der Waals surface area contributed by atoms with Crippen LogP contribution in [0.1, 0.15) is 29.1 Å². The number of para-hydroxylation sites is 1. The Labute approximate surface area is 168 Å². The number of nitrogens with zero attached hydrogens (tertiary/aromatic N) is 2. The molecule has 0 aliphatic rings. The molecular formula is C21H22N4O2S. The summed E-state index contributed by atoms with van der Waals surface area (Å²) in [5.74, 6) is 1.30. The van der Waals surface area contributed by atoms with Crippen LogP contribution < -0.4 is 15.5 Å². The van der Waals surface area contributed by atoms with Crippen LogP contribution in [-0.4, -0.2) is 24.1 Å². The predicted molar refractivity (Wildman–Crippen MR) is 115 cm³/mol. The largest absolute Gasteiger partial charge is 0.497 e. The molecule has 0 radical (unpaired) electrons. The Morgan fingerprint density at radius 3 is 2.50 bits per heavy atom. The van der Waals surface area contributed by atoms with Gasteiger partial charge in [-0.1, -0.05) is 43.4 Å². The van der Waals surface area contributed by atoms with E-state index in [-0.39, 0.29) is 11.7 Å². The van der Waals surface area contributed by atoms with Crippen LogP contribution in [0.3, 0.4) is 0 Å². The van der Waals surface area contributed by atoms with Gasteiger partial charge in [0.25, 0.3) is 0 Å². The third-order valence-electron chi connectivity index (χ3n) is 3.75. The molecule has 0 bridgehead atoms. The molecule has 1 heterocycles. The normalized spacial score (nSPS) is 11.0. The van der Waals surface area contributed by atoms with Crippen LogP contribution in [0, 0.1) is 5.92 Å². The Kier molecular flexibility index (Phi) is 6.39. The maximum absolute atomic E-state index is 13.0. The van der Waals surface area contributed by atoms with Gasteiger partial charge in [-0.2, -0.15) is 5.10 Å².